The van der Waals surface area contributed by atoms with Crippen LogP contribution in [-0.4, -0.2) is 35.5 Å². The molecule has 0 spiro atoms. The highest BCUT2D eigenvalue weighted by Gasteiger charge is 2.40. The highest BCUT2D eigenvalue weighted by atomic mass is 32.2. The van der Waals surface area contributed by atoms with Crippen molar-refractivity contribution < 1.29 is 14.3 Å². The minimum absolute atomic E-state index is 0.182. The smallest absolute Gasteiger partial charge is 0.319 e. The van der Waals surface area contributed by atoms with E-state index < -0.39 is 17.3 Å². The van der Waals surface area contributed by atoms with E-state index >= 15 is 0 Å². The fourth-order valence-corrected chi connectivity index (χ4v) is 4.05. The third kappa shape index (κ3) is 5.20. The predicted molar refractivity (Wildman–Crippen MR) is 87.3 cm³/mol. The molecule has 0 aliphatic heterocycles. The molecule has 0 heterocycles. The van der Waals surface area contributed by atoms with Gasteiger partial charge < -0.3 is 10.1 Å². The van der Waals surface area contributed by atoms with Gasteiger partial charge in [0.25, 0.3) is 0 Å². The first-order valence-electron chi connectivity index (χ1n) is 7.89. The third-order valence-electron chi connectivity index (χ3n) is 3.81. The molecule has 4 nitrogen and oxygen atoms in total. The van der Waals surface area contributed by atoms with Gasteiger partial charge in [-0.05, 0) is 30.9 Å². The standard InChI is InChI=1S/C16H29NO3S/c1-6-20-15(19)13(16(3,4)5)14(18)17-11-9-8-10-12(11)21-7-2/h11-13H,6-10H2,1-5H3,(H,17,18). The molecule has 0 aromatic carbocycles. The number of hydrogen-bond donors (Lipinski definition) is 1. The molecule has 0 aromatic heterocycles. The summed E-state index contributed by atoms with van der Waals surface area (Å²) in [6.07, 6.45) is 3.29. The lowest BCUT2D eigenvalue weighted by molar-refractivity contribution is -0.156. The van der Waals surface area contributed by atoms with Crippen LogP contribution in [0, 0.1) is 11.3 Å². The van der Waals surface area contributed by atoms with Gasteiger partial charge in [0.15, 0.2) is 0 Å². The van der Waals surface area contributed by atoms with Crippen molar-refractivity contribution in [2.24, 2.45) is 11.3 Å². The average Bonchev–Trinajstić information content (AvgIpc) is 2.75. The Bertz CT molecular complexity index is 365. The van der Waals surface area contributed by atoms with Gasteiger partial charge in [-0.25, -0.2) is 0 Å². The molecule has 1 amide bonds. The third-order valence-corrected chi connectivity index (χ3v) is 5.14. The first-order chi connectivity index (χ1) is 9.81. The van der Waals surface area contributed by atoms with Crippen molar-refractivity contribution >= 4 is 23.6 Å². The molecular weight excluding hydrogens is 286 g/mol. The van der Waals surface area contributed by atoms with E-state index in [1.165, 1.54) is 0 Å². The molecule has 0 radical (unpaired) electrons. The zero-order valence-corrected chi connectivity index (χ0v) is 14.7. The lowest BCUT2D eigenvalue weighted by atomic mass is 9.80. The summed E-state index contributed by atoms with van der Waals surface area (Å²) < 4.78 is 5.09. The number of amides is 1. The summed E-state index contributed by atoms with van der Waals surface area (Å²) in [5, 5.41) is 3.57. The number of thioether (sulfide) groups is 1. The SMILES string of the molecule is CCOC(=O)C(C(=O)NC1CCCC1SCC)C(C)(C)C. The van der Waals surface area contributed by atoms with Crippen LogP contribution in [0.15, 0.2) is 0 Å². The van der Waals surface area contributed by atoms with E-state index in [0.717, 1.165) is 25.0 Å². The maximum absolute atomic E-state index is 12.6. The van der Waals surface area contributed by atoms with E-state index in [1.807, 2.05) is 32.5 Å². The van der Waals surface area contributed by atoms with Crippen molar-refractivity contribution in [3.05, 3.63) is 0 Å². The number of carbonyl (C=O) groups is 2. The molecule has 5 heteroatoms. The average molecular weight is 315 g/mol. The van der Waals surface area contributed by atoms with E-state index in [9.17, 15) is 9.59 Å². The van der Waals surface area contributed by atoms with Gasteiger partial charge in [0.2, 0.25) is 5.91 Å². The molecule has 1 fully saturated rings. The van der Waals surface area contributed by atoms with E-state index in [-0.39, 0.29) is 11.9 Å². The van der Waals surface area contributed by atoms with Crippen LogP contribution in [0.1, 0.15) is 53.9 Å². The highest BCUT2D eigenvalue weighted by molar-refractivity contribution is 7.99. The first-order valence-corrected chi connectivity index (χ1v) is 8.94. The number of carbonyl (C=O) groups excluding carboxylic acids is 2. The monoisotopic (exact) mass is 315 g/mol. The lowest BCUT2D eigenvalue weighted by Gasteiger charge is -2.30. The summed E-state index contributed by atoms with van der Waals surface area (Å²) in [6, 6.07) is 0.182. The Morgan fingerprint density at radius 3 is 2.48 bits per heavy atom. The Morgan fingerprint density at radius 2 is 1.95 bits per heavy atom. The Kier molecular flexibility index (Phi) is 7.04. The number of rotatable bonds is 6. The van der Waals surface area contributed by atoms with E-state index in [1.54, 1.807) is 6.92 Å². The van der Waals surface area contributed by atoms with Crippen LogP contribution >= 0.6 is 11.8 Å². The van der Waals surface area contributed by atoms with Crippen LogP contribution in [0.25, 0.3) is 0 Å². The zero-order valence-electron chi connectivity index (χ0n) is 13.9. The Hall–Kier alpha value is -0.710. The summed E-state index contributed by atoms with van der Waals surface area (Å²) in [5.74, 6) is -0.294. The summed E-state index contributed by atoms with van der Waals surface area (Å²) in [5.41, 5.74) is -0.442. The number of hydrogen-bond acceptors (Lipinski definition) is 4. The van der Waals surface area contributed by atoms with Gasteiger partial charge in [-0.1, -0.05) is 34.1 Å². The topological polar surface area (TPSA) is 55.4 Å². The molecule has 3 atom stereocenters. The Morgan fingerprint density at radius 1 is 1.29 bits per heavy atom. The minimum atomic E-state index is -0.745. The van der Waals surface area contributed by atoms with Crippen molar-refractivity contribution in [2.75, 3.05) is 12.4 Å². The fraction of sp³-hybridized carbons (Fsp3) is 0.875. The van der Waals surface area contributed by atoms with E-state index in [2.05, 4.69) is 12.2 Å². The van der Waals surface area contributed by atoms with Crippen LogP contribution in [0.3, 0.4) is 0 Å². The van der Waals surface area contributed by atoms with Crippen LogP contribution in [0.2, 0.25) is 0 Å². The quantitative estimate of drug-likeness (QED) is 0.605. The van der Waals surface area contributed by atoms with Crippen molar-refractivity contribution in [3.63, 3.8) is 0 Å². The van der Waals surface area contributed by atoms with Crippen LogP contribution < -0.4 is 5.32 Å². The number of nitrogens with one attached hydrogen (secondary N) is 1. The van der Waals surface area contributed by atoms with Gasteiger partial charge in [0.05, 0.1) is 6.61 Å². The van der Waals surface area contributed by atoms with Crippen molar-refractivity contribution in [1.29, 1.82) is 0 Å². The molecule has 122 valence electrons. The minimum Gasteiger partial charge on any atom is -0.465 e. The van der Waals surface area contributed by atoms with Gasteiger partial charge >= 0.3 is 5.97 Å². The second kappa shape index (κ2) is 8.06. The first kappa shape index (κ1) is 18.3. The van der Waals surface area contributed by atoms with Gasteiger partial charge in [0.1, 0.15) is 5.92 Å². The maximum atomic E-state index is 12.6. The molecule has 1 aliphatic rings. The second-order valence-corrected chi connectivity index (χ2v) is 8.11. The summed E-state index contributed by atoms with van der Waals surface area (Å²) in [7, 11) is 0. The van der Waals surface area contributed by atoms with Crippen molar-refractivity contribution in [2.45, 2.75) is 65.2 Å². The maximum Gasteiger partial charge on any atom is 0.319 e. The normalized spacial score (nSPS) is 23.7. The molecule has 1 saturated carbocycles. The Labute approximate surface area is 132 Å². The van der Waals surface area contributed by atoms with Crippen molar-refractivity contribution in [3.8, 4) is 0 Å². The van der Waals surface area contributed by atoms with Crippen molar-refractivity contribution in [1.82, 2.24) is 5.32 Å². The van der Waals surface area contributed by atoms with E-state index in [0.29, 0.717) is 11.9 Å². The van der Waals surface area contributed by atoms with Gasteiger partial charge in [-0.2, -0.15) is 11.8 Å². The molecule has 21 heavy (non-hydrogen) atoms. The van der Waals surface area contributed by atoms with Crippen LogP contribution in [-0.2, 0) is 14.3 Å². The molecule has 3 unspecified atom stereocenters. The zero-order chi connectivity index (χ0) is 16.0. The molecule has 0 saturated heterocycles. The molecule has 0 bridgehead atoms. The molecular formula is C16H29NO3S. The lowest BCUT2D eigenvalue weighted by Crippen LogP contribution is -2.48. The largest absolute Gasteiger partial charge is 0.465 e. The van der Waals surface area contributed by atoms with Crippen LogP contribution in [0.5, 0.6) is 0 Å². The van der Waals surface area contributed by atoms with Gasteiger partial charge in [-0.3, -0.25) is 9.59 Å². The highest BCUT2D eigenvalue weighted by Crippen LogP contribution is 2.32. The predicted octanol–water partition coefficient (Wildman–Crippen LogP) is 3.00. The summed E-state index contributed by atoms with van der Waals surface area (Å²) in [4.78, 5) is 24.7. The fourth-order valence-electron chi connectivity index (χ4n) is 2.85. The summed E-state index contributed by atoms with van der Waals surface area (Å²) >= 11 is 1.90. The van der Waals surface area contributed by atoms with Crippen LogP contribution in [0.4, 0.5) is 0 Å². The van der Waals surface area contributed by atoms with Gasteiger partial charge in [-0.15, -0.1) is 0 Å². The van der Waals surface area contributed by atoms with E-state index in [4.69, 9.17) is 4.74 Å². The number of ether oxygens (including phenoxy) is 1. The number of esters is 1. The summed E-state index contributed by atoms with van der Waals surface area (Å²) in [6.45, 7) is 9.92. The Balaban J connectivity index is 2.75. The van der Waals surface area contributed by atoms with Gasteiger partial charge in [0, 0.05) is 11.3 Å². The molecule has 1 rings (SSSR count). The second-order valence-electron chi connectivity index (χ2n) is 6.59. The molecule has 0 aromatic rings. The molecule has 1 aliphatic carbocycles. The molecule has 1 N–H and O–H groups in total.